The van der Waals surface area contributed by atoms with Crippen molar-refractivity contribution in [3.8, 4) is 0 Å². The Morgan fingerprint density at radius 1 is 0.287 bits per heavy atom. The van der Waals surface area contributed by atoms with E-state index in [-0.39, 0.29) is 25.7 Å². The van der Waals surface area contributed by atoms with Gasteiger partial charge in [0.15, 0.2) is 12.2 Å². The van der Waals surface area contributed by atoms with Crippen LogP contribution in [-0.4, -0.2) is 96.7 Å². The van der Waals surface area contributed by atoms with Gasteiger partial charge in [0.05, 0.1) is 26.4 Å². The Morgan fingerprint density at radius 3 is 0.723 bits per heavy atom. The number of unbranched alkanes of at least 4 members (excludes halogenated alkanes) is 41. The molecule has 2 unspecified atom stereocenters. The van der Waals surface area contributed by atoms with Gasteiger partial charge in [-0.25, -0.2) is 9.13 Å². The highest BCUT2D eigenvalue weighted by atomic mass is 31.2. The minimum atomic E-state index is -4.96. The monoisotopic (exact) mass is 1380 g/mol. The van der Waals surface area contributed by atoms with E-state index < -0.39 is 97.5 Å². The molecular formula is C75H146O17P2. The van der Waals surface area contributed by atoms with Crippen LogP contribution in [0.25, 0.3) is 0 Å². The molecule has 0 aliphatic carbocycles. The normalized spacial score (nSPS) is 14.1. The minimum Gasteiger partial charge on any atom is -0.462 e. The summed E-state index contributed by atoms with van der Waals surface area (Å²) in [6, 6.07) is 0. The predicted molar refractivity (Wildman–Crippen MR) is 381 cm³/mol. The van der Waals surface area contributed by atoms with E-state index >= 15 is 0 Å². The molecule has 0 heterocycles. The second-order valence-electron chi connectivity index (χ2n) is 28.5. The number of hydrogen-bond donors (Lipinski definition) is 3. The molecule has 0 amide bonds. The summed E-state index contributed by atoms with van der Waals surface area (Å²) in [7, 11) is -9.91. The van der Waals surface area contributed by atoms with Crippen molar-refractivity contribution in [2.45, 2.75) is 401 Å². The summed E-state index contributed by atoms with van der Waals surface area (Å²) >= 11 is 0. The van der Waals surface area contributed by atoms with Crippen LogP contribution in [-0.2, 0) is 65.4 Å². The van der Waals surface area contributed by atoms with Crippen LogP contribution < -0.4 is 0 Å². The van der Waals surface area contributed by atoms with Crippen molar-refractivity contribution in [1.82, 2.24) is 0 Å². The molecule has 19 heteroatoms. The summed E-state index contributed by atoms with van der Waals surface area (Å²) in [6.07, 6.45) is 51.5. The van der Waals surface area contributed by atoms with Gasteiger partial charge in [0, 0.05) is 25.7 Å². The zero-order valence-corrected chi connectivity index (χ0v) is 63.2. The SMILES string of the molecule is CCCCCCCCCCCCCCCCC(=O)OC[C@H](COP(=O)(O)OC[C@@H](O)COP(=O)(O)OC[C@@H](COC(=O)CCCCCCCCC(C)C)OC(=O)CCCCCCCCCCCC(C)C)OC(=O)CCCCCCCCCCCCCCCCCCC(C)C. The van der Waals surface area contributed by atoms with E-state index in [9.17, 15) is 43.2 Å². The van der Waals surface area contributed by atoms with Crippen LogP contribution in [0.5, 0.6) is 0 Å². The van der Waals surface area contributed by atoms with Crippen molar-refractivity contribution in [3.63, 3.8) is 0 Å². The van der Waals surface area contributed by atoms with Gasteiger partial charge in [0.2, 0.25) is 0 Å². The van der Waals surface area contributed by atoms with Gasteiger partial charge in [-0.05, 0) is 43.4 Å². The number of aliphatic hydroxyl groups is 1. The average molecular weight is 1380 g/mol. The first-order valence-corrected chi connectivity index (χ1v) is 41.8. The van der Waals surface area contributed by atoms with Gasteiger partial charge in [-0.1, -0.05) is 331 Å². The maximum Gasteiger partial charge on any atom is 0.472 e. The molecule has 0 aromatic heterocycles. The van der Waals surface area contributed by atoms with Crippen LogP contribution in [0, 0.1) is 17.8 Å². The van der Waals surface area contributed by atoms with Gasteiger partial charge in [-0.15, -0.1) is 0 Å². The Balaban J connectivity index is 5.22. The number of phosphoric acid groups is 2. The van der Waals surface area contributed by atoms with Crippen molar-refractivity contribution < 1.29 is 80.2 Å². The van der Waals surface area contributed by atoms with E-state index in [1.54, 1.807) is 0 Å². The number of carbonyl (C=O) groups excluding carboxylic acids is 4. The lowest BCUT2D eigenvalue weighted by molar-refractivity contribution is -0.161. The lowest BCUT2D eigenvalue weighted by Crippen LogP contribution is -2.30. The predicted octanol–water partition coefficient (Wildman–Crippen LogP) is 21.8. The number of carbonyl (C=O) groups is 4. The van der Waals surface area contributed by atoms with Gasteiger partial charge in [0.25, 0.3) is 0 Å². The summed E-state index contributed by atoms with van der Waals surface area (Å²) in [5, 5.41) is 10.6. The molecule has 0 aromatic rings. The smallest absolute Gasteiger partial charge is 0.462 e. The number of rotatable bonds is 73. The number of aliphatic hydroxyl groups excluding tert-OH is 1. The van der Waals surface area contributed by atoms with Crippen molar-refractivity contribution in [1.29, 1.82) is 0 Å². The van der Waals surface area contributed by atoms with Crippen molar-refractivity contribution in [3.05, 3.63) is 0 Å². The summed E-state index contributed by atoms with van der Waals surface area (Å²) < 4.78 is 68.4. The van der Waals surface area contributed by atoms with Gasteiger partial charge in [-0.3, -0.25) is 37.3 Å². The molecule has 0 saturated carbocycles. The zero-order valence-electron chi connectivity index (χ0n) is 61.4. The third-order valence-corrected chi connectivity index (χ3v) is 19.3. The lowest BCUT2D eigenvalue weighted by atomic mass is 10.0. The first-order valence-electron chi connectivity index (χ1n) is 38.8. The third kappa shape index (κ3) is 68.6. The maximum atomic E-state index is 13.1. The zero-order chi connectivity index (χ0) is 69.4. The van der Waals surface area contributed by atoms with Crippen molar-refractivity contribution in [2.24, 2.45) is 17.8 Å². The molecule has 3 N–H and O–H groups in total. The fourth-order valence-electron chi connectivity index (χ4n) is 11.4. The highest BCUT2D eigenvalue weighted by Crippen LogP contribution is 2.45. The quantitative estimate of drug-likeness (QED) is 0.0222. The standard InChI is InChI=1S/C75H146O17P2/c1-8-9-10-11-12-13-14-15-21-24-29-34-42-49-56-72(77)85-62-70(91-74(79)58-51-44-35-30-25-22-19-17-16-18-20-23-27-32-39-46-53-66(2)3)64-89-93(81,82)87-60-69(76)61-88-94(83,84)90-65-71(63-86-73(78)57-50-43-38-37-41-48-55-68(6)7)92-75(80)59-52-45-36-31-26-28-33-40-47-54-67(4)5/h66-71,76H,8-65H2,1-7H3,(H,81,82)(H,83,84)/t69-,70-,71-/m1/s1. The molecule has 0 aliphatic heterocycles. The van der Waals surface area contributed by atoms with Crippen molar-refractivity contribution in [2.75, 3.05) is 39.6 Å². The molecule has 5 atom stereocenters. The molecule has 0 fully saturated rings. The van der Waals surface area contributed by atoms with E-state index in [2.05, 4.69) is 48.5 Å². The van der Waals surface area contributed by atoms with E-state index in [1.165, 1.54) is 186 Å². The first kappa shape index (κ1) is 92.1. The topological polar surface area (TPSA) is 237 Å². The Bertz CT molecular complexity index is 1840. The Kier molecular flexibility index (Phi) is 64.3. The molecule has 0 radical (unpaired) electrons. The number of hydrogen-bond acceptors (Lipinski definition) is 15. The average Bonchev–Trinajstić information content (AvgIpc) is 1.75. The first-order chi connectivity index (χ1) is 45.2. The van der Waals surface area contributed by atoms with Crippen molar-refractivity contribution >= 4 is 39.5 Å². The fourth-order valence-corrected chi connectivity index (χ4v) is 13.0. The molecule has 0 spiro atoms. The second-order valence-corrected chi connectivity index (χ2v) is 31.4. The number of phosphoric ester groups is 2. The van der Waals surface area contributed by atoms with E-state index in [4.69, 9.17) is 37.0 Å². The molecule has 0 aliphatic rings. The maximum absolute atomic E-state index is 13.1. The molecule has 0 saturated heterocycles. The van der Waals surface area contributed by atoms with E-state index in [0.717, 1.165) is 108 Å². The van der Waals surface area contributed by atoms with Crippen LogP contribution in [0.1, 0.15) is 382 Å². The van der Waals surface area contributed by atoms with Crippen LogP contribution in [0.4, 0.5) is 0 Å². The van der Waals surface area contributed by atoms with Crippen LogP contribution >= 0.6 is 15.6 Å². The Hall–Kier alpha value is -1.94. The molecule has 94 heavy (non-hydrogen) atoms. The second kappa shape index (κ2) is 65.7. The fraction of sp³-hybridized carbons (Fsp3) is 0.947. The van der Waals surface area contributed by atoms with Gasteiger partial charge < -0.3 is 33.8 Å². The third-order valence-electron chi connectivity index (χ3n) is 17.4. The Labute approximate surface area is 575 Å². The molecule has 558 valence electrons. The summed E-state index contributed by atoms with van der Waals surface area (Å²) in [4.78, 5) is 72.7. The van der Waals surface area contributed by atoms with Crippen LogP contribution in [0.3, 0.4) is 0 Å². The summed E-state index contributed by atoms with van der Waals surface area (Å²) in [5.41, 5.74) is 0. The van der Waals surface area contributed by atoms with E-state index in [0.29, 0.717) is 31.6 Å². The minimum absolute atomic E-state index is 0.104. The van der Waals surface area contributed by atoms with Gasteiger partial charge >= 0.3 is 39.5 Å². The number of ether oxygens (including phenoxy) is 4. The van der Waals surface area contributed by atoms with Gasteiger partial charge in [0.1, 0.15) is 19.3 Å². The summed E-state index contributed by atoms with van der Waals surface area (Å²) in [5.74, 6) is 0.104. The number of esters is 4. The highest BCUT2D eigenvalue weighted by Gasteiger charge is 2.30. The van der Waals surface area contributed by atoms with Gasteiger partial charge in [-0.2, -0.15) is 0 Å². The lowest BCUT2D eigenvalue weighted by Gasteiger charge is -2.21. The molecule has 0 bridgehead atoms. The largest absolute Gasteiger partial charge is 0.472 e. The molecule has 17 nitrogen and oxygen atoms in total. The van der Waals surface area contributed by atoms with E-state index in [1.807, 2.05) is 0 Å². The van der Waals surface area contributed by atoms with Crippen LogP contribution in [0.2, 0.25) is 0 Å². The molecule has 0 aromatic carbocycles. The van der Waals surface area contributed by atoms with Crippen LogP contribution in [0.15, 0.2) is 0 Å². The molecule has 0 rings (SSSR count). The summed E-state index contributed by atoms with van der Waals surface area (Å²) in [6.45, 7) is 11.8. The highest BCUT2D eigenvalue weighted by molar-refractivity contribution is 7.47. The Morgan fingerprint density at radius 2 is 0.489 bits per heavy atom. The molecular weight excluding hydrogens is 1230 g/mol.